The summed E-state index contributed by atoms with van der Waals surface area (Å²) in [5.41, 5.74) is -0.405. The topological polar surface area (TPSA) is 20.2 Å². The van der Waals surface area contributed by atoms with Crippen molar-refractivity contribution in [2.75, 3.05) is 0 Å². The molecule has 0 spiro atoms. The van der Waals surface area contributed by atoms with Crippen LogP contribution in [0.5, 0.6) is 0 Å². The molecule has 1 nitrogen and oxygen atoms in total. The summed E-state index contributed by atoms with van der Waals surface area (Å²) in [6, 6.07) is 0. The third-order valence-electron chi connectivity index (χ3n) is 3.36. The van der Waals surface area contributed by atoms with Crippen LogP contribution in [0.4, 0.5) is 0 Å². The Bertz CT molecular complexity index is 151. The van der Waals surface area contributed by atoms with Gasteiger partial charge in [0.25, 0.3) is 0 Å². The summed E-state index contributed by atoms with van der Waals surface area (Å²) in [6.07, 6.45) is 7.15. The summed E-state index contributed by atoms with van der Waals surface area (Å²) in [6.45, 7) is 6.58. The van der Waals surface area contributed by atoms with E-state index in [-0.39, 0.29) is 0 Å². The van der Waals surface area contributed by atoms with Crippen LogP contribution in [0.3, 0.4) is 0 Å². The molecule has 0 saturated heterocycles. The molecular formula is C12H24O. The molecular weight excluding hydrogens is 160 g/mol. The van der Waals surface area contributed by atoms with E-state index in [1.165, 1.54) is 25.7 Å². The Balaban J connectivity index is 2.51. The first-order valence-corrected chi connectivity index (χ1v) is 5.72. The highest BCUT2D eigenvalue weighted by atomic mass is 16.3. The van der Waals surface area contributed by atoms with Crippen molar-refractivity contribution in [3.63, 3.8) is 0 Å². The molecule has 1 aliphatic rings. The van der Waals surface area contributed by atoms with Crippen LogP contribution in [0.15, 0.2) is 0 Å². The van der Waals surface area contributed by atoms with E-state index in [4.69, 9.17) is 0 Å². The second-order valence-corrected chi connectivity index (χ2v) is 5.38. The minimum Gasteiger partial charge on any atom is -0.390 e. The maximum Gasteiger partial charge on any atom is 0.0622 e. The first-order chi connectivity index (χ1) is 5.99. The molecule has 0 aliphatic heterocycles. The number of hydrogen-bond donors (Lipinski definition) is 1. The summed E-state index contributed by atoms with van der Waals surface area (Å²) in [7, 11) is 0. The predicted octanol–water partition coefficient (Wildman–Crippen LogP) is 3.36. The summed E-state index contributed by atoms with van der Waals surface area (Å²) >= 11 is 0. The molecule has 3 atom stereocenters. The van der Waals surface area contributed by atoms with Gasteiger partial charge in [0.15, 0.2) is 0 Å². The maximum absolute atomic E-state index is 10.1. The minimum absolute atomic E-state index is 0.405. The number of hydrogen-bond acceptors (Lipinski definition) is 1. The molecule has 78 valence electrons. The van der Waals surface area contributed by atoms with Gasteiger partial charge in [0.05, 0.1) is 5.60 Å². The second kappa shape index (κ2) is 4.45. The van der Waals surface area contributed by atoms with Crippen LogP contribution >= 0.6 is 0 Å². The molecule has 1 rings (SSSR count). The van der Waals surface area contributed by atoms with Gasteiger partial charge in [0.1, 0.15) is 0 Å². The van der Waals surface area contributed by atoms with Crippen LogP contribution < -0.4 is 0 Å². The quantitative estimate of drug-likeness (QED) is 0.612. The molecule has 0 aromatic carbocycles. The van der Waals surface area contributed by atoms with Crippen LogP contribution in [-0.2, 0) is 0 Å². The fourth-order valence-electron chi connectivity index (χ4n) is 2.47. The number of rotatable bonds is 0. The third-order valence-corrected chi connectivity index (χ3v) is 3.36. The lowest BCUT2D eigenvalue weighted by Gasteiger charge is -2.26. The SMILES string of the molecule is CC1CCCC(C)CC(C)(O)CC1. The monoisotopic (exact) mass is 184 g/mol. The number of aliphatic hydroxyl groups is 1. The zero-order chi connectivity index (χ0) is 9.90. The zero-order valence-electron chi connectivity index (χ0n) is 9.34. The fraction of sp³-hybridized carbons (Fsp3) is 1.00. The van der Waals surface area contributed by atoms with E-state index in [1.54, 1.807) is 0 Å². The van der Waals surface area contributed by atoms with E-state index in [0.717, 1.165) is 18.8 Å². The van der Waals surface area contributed by atoms with Crippen LogP contribution in [0, 0.1) is 11.8 Å². The molecule has 1 aliphatic carbocycles. The standard InChI is InChI=1S/C12H24O/c1-10-5-4-6-11(2)9-12(3,13)8-7-10/h10-11,13H,4-9H2,1-3H3. The summed E-state index contributed by atoms with van der Waals surface area (Å²) < 4.78 is 0. The van der Waals surface area contributed by atoms with Crippen LogP contribution in [0.2, 0.25) is 0 Å². The van der Waals surface area contributed by atoms with Gasteiger partial charge in [-0.1, -0.05) is 33.1 Å². The predicted molar refractivity (Wildman–Crippen MR) is 56.7 cm³/mol. The molecule has 0 heterocycles. The normalized spacial score (nSPS) is 43.4. The van der Waals surface area contributed by atoms with Crippen LogP contribution in [0.25, 0.3) is 0 Å². The molecule has 1 fully saturated rings. The lowest BCUT2D eigenvalue weighted by Crippen LogP contribution is -2.26. The Labute approximate surface area is 82.5 Å². The molecule has 3 unspecified atom stereocenters. The molecule has 1 heteroatoms. The van der Waals surface area contributed by atoms with Gasteiger partial charge in [-0.05, 0) is 38.0 Å². The van der Waals surface area contributed by atoms with E-state index < -0.39 is 5.60 Å². The largest absolute Gasteiger partial charge is 0.390 e. The van der Waals surface area contributed by atoms with Crippen molar-refractivity contribution in [3.8, 4) is 0 Å². The smallest absolute Gasteiger partial charge is 0.0622 e. The summed E-state index contributed by atoms with van der Waals surface area (Å²) in [5.74, 6) is 1.50. The average Bonchev–Trinajstić information content (AvgIpc) is 2.03. The summed E-state index contributed by atoms with van der Waals surface area (Å²) in [5, 5.41) is 10.1. The van der Waals surface area contributed by atoms with Gasteiger partial charge in [-0.2, -0.15) is 0 Å². The molecule has 0 radical (unpaired) electrons. The minimum atomic E-state index is -0.405. The van der Waals surface area contributed by atoms with E-state index in [1.807, 2.05) is 6.92 Å². The van der Waals surface area contributed by atoms with Crippen molar-refractivity contribution in [3.05, 3.63) is 0 Å². The van der Waals surface area contributed by atoms with Crippen molar-refractivity contribution in [2.24, 2.45) is 11.8 Å². The van der Waals surface area contributed by atoms with Crippen LogP contribution in [-0.4, -0.2) is 10.7 Å². The lowest BCUT2D eigenvalue weighted by atomic mass is 9.87. The van der Waals surface area contributed by atoms with Crippen molar-refractivity contribution in [1.29, 1.82) is 0 Å². The van der Waals surface area contributed by atoms with Gasteiger partial charge in [0, 0.05) is 0 Å². The Morgan fingerprint density at radius 2 is 1.69 bits per heavy atom. The average molecular weight is 184 g/mol. The van der Waals surface area contributed by atoms with Gasteiger partial charge < -0.3 is 5.11 Å². The van der Waals surface area contributed by atoms with Crippen molar-refractivity contribution in [1.82, 2.24) is 0 Å². The Kier molecular flexibility index (Phi) is 3.78. The molecule has 1 saturated carbocycles. The van der Waals surface area contributed by atoms with Crippen LogP contribution in [0.1, 0.15) is 59.3 Å². The highest BCUT2D eigenvalue weighted by Crippen LogP contribution is 2.30. The molecule has 0 aromatic rings. The Morgan fingerprint density at radius 1 is 1.08 bits per heavy atom. The van der Waals surface area contributed by atoms with E-state index in [2.05, 4.69) is 13.8 Å². The van der Waals surface area contributed by atoms with Crippen molar-refractivity contribution < 1.29 is 5.11 Å². The van der Waals surface area contributed by atoms with Gasteiger partial charge in [-0.15, -0.1) is 0 Å². The Hall–Kier alpha value is -0.0400. The third kappa shape index (κ3) is 4.12. The first-order valence-electron chi connectivity index (χ1n) is 5.72. The highest BCUT2D eigenvalue weighted by Gasteiger charge is 2.25. The second-order valence-electron chi connectivity index (χ2n) is 5.38. The Morgan fingerprint density at radius 3 is 2.38 bits per heavy atom. The molecule has 0 aromatic heterocycles. The molecule has 0 amide bonds. The fourth-order valence-corrected chi connectivity index (χ4v) is 2.47. The van der Waals surface area contributed by atoms with Gasteiger partial charge in [-0.25, -0.2) is 0 Å². The van der Waals surface area contributed by atoms with Gasteiger partial charge >= 0.3 is 0 Å². The molecule has 0 bridgehead atoms. The first kappa shape index (κ1) is 11.0. The van der Waals surface area contributed by atoms with E-state index >= 15 is 0 Å². The molecule has 1 N–H and O–H groups in total. The highest BCUT2D eigenvalue weighted by molar-refractivity contribution is 4.78. The van der Waals surface area contributed by atoms with E-state index in [9.17, 15) is 5.11 Å². The van der Waals surface area contributed by atoms with Crippen molar-refractivity contribution >= 4 is 0 Å². The van der Waals surface area contributed by atoms with Crippen molar-refractivity contribution in [2.45, 2.75) is 64.9 Å². The zero-order valence-corrected chi connectivity index (χ0v) is 9.34. The summed E-state index contributed by atoms with van der Waals surface area (Å²) in [4.78, 5) is 0. The van der Waals surface area contributed by atoms with E-state index in [0.29, 0.717) is 5.92 Å². The molecule has 13 heavy (non-hydrogen) atoms. The lowest BCUT2D eigenvalue weighted by molar-refractivity contribution is 0.0241. The maximum atomic E-state index is 10.1. The van der Waals surface area contributed by atoms with Gasteiger partial charge in [0.2, 0.25) is 0 Å². The van der Waals surface area contributed by atoms with Gasteiger partial charge in [-0.3, -0.25) is 0 Å².